The number of piperidine rings is 2. The molecule has 7 heteroatoms. The van der Waals surface area contributed by atoms with Gasteiger partial charge in [-0.3, -0.25) is 9.59 Å². The summed E-state index contributed by atoms with van der Waals surface area (Å²) in [4.78, 5) is 42.1. The molecule has 0 radical (unpaired) electrons. The van der Waals surface area contributed by atoms with Crippen molar-refractivity contribution in [3.05, 3.63) is 48.0 Å². The number of amides is 3. The van der Waals surface area contributed by atoms with Gasteiger partial charge in [-0.15, -0.1) is 0 Å². The molecule has 7 nitrogen and oxygen atoms in total. The maximum Gasteiger partial charge on any atom is 0.407 e. The maximum atomic E-state index is 13.2. The molecule has 2 aromatic carbocycles. The molecule has 0 bridgehead atoms. The second-order valence-electron chi connectivity index (χ2n) is 10.7. The molecule has 2 fully saturated rings. The lowest BCUT2D eigenvalue weighted by Gasteiger charge is -2.37. The van der Waals surface area contributed by atoms with Crippen molar-refractivity contribution < 1.29 is 19.1 Å². The number of nitrogens with zero attached hydrogens (tertiary/aromatic N) is 2. The fourth-order valence-electron chi connectivity index (χ4n) is 5.07. The third-order valence-corrected chi connectivity index (χ3v) is 7.01. The molecule has 2 heterocycles. The highest BCUT2D eigenvalue weighted by Crippen LogP contribution is 2.26. The Hall–Kier alpha value is -3.09. The minimum absolute atomic E-state index is 0.0250. The lowest BCUT2D eigenvalue weighted by atomic mass is 9.91. The topological polar surface area (TPSA) is 79.0 Å². The number of alkyl carbamates (subject to hydrolysis) is 1. The number of rotatable bonds is 4. The van der Waals surface area contributed by atoms with E-state index < -0.39 is 5.60 Å². The van der Waals surface area contributed by atoms with Crippen LogP contribution in [-0.4, -0.2) is 66.0 Å². The van der Waals surface area contributed by atoms with E-state index in [1.807, 2.05) is 73.0 Å². The van der Waals surface area contributed by atoms with E-state index in [1.165, 1.54) is 0 Å². The van der Waals surface area contributed by atoms with Gasteiger partial charge in [0.05, 0.1) is 0 Å². The molecule has 35 heavy (non-hydrogen) atoms. The van der Waals surface area contributed by atoms with E-state index in [0.717, 1.165) is 29.2 Å². The number of carbonyl (C=O) groups excluding carboxylic acids is 3. The van der Waals surface area contributed by atoms with E-state index in [4.69, 9.17) is 4.74 Å². The second kappa shape index (κ2) is 10.7. The van der Waals surface area contributed by atoms with Gasteiger partial charge in [-0.1, -0.05) is 36.4 Å². The molecule has 0 unspecified atom stereocenters. The van der Waals surface area contributed by atoms with Gasteiger partial charge in [0, 0.05) is 44.2 Å². The minimum atomic E-state index is -0.505. The molecule has 0 saturated carbocycles. The number of hydrogen-bond donors (Lipinski definition) is 1. The lowest BCUT2D eigenvalue weighted by Crippen LogP contribution is -2.47. The lowest BCUT2D eigenvalue weighted by molar-refractivity contribution is -0.138. The van der Waals surface area contributed by atoms with Gasteiger partial charge < -0.3 is 19.9 Å². The second-order valence-corrected chi connectivity index (χ2v) is 10.7. The van der Waals surface area contributed by atoms with E-state index in [0.29, 0.717) is 51.5 Å². The first-order valence-electron chi connectivity index (χ1n) is 12.7. The molecule has 188 valence electrons. The predicted octanol–water partition coefficient (Wildman–Crippen LogP) is 4.46. The number of carbonyl (C=O) groups is 3. The molecule has 3 amide bonds. The molecular weight excluding hydrogens is 442 g/mol. The Morgan fingerprint density at radius 2 is 1.51 bits per heavy atom. The van der Waals surface area contributed by atoms with Crippen LogP contribution in [-0.2, 0) is 9.53 Å². The van der Waals surface area contributed by atoms with Gasteiger partial charge in [-0.05, 0) is 69.2 Å². The molecule has 2 aliphatic rings. The first-order chi connectivity index (χ1) is 16.7. The van der Waals surface area contributed by atoms with Gasteiger partial charge in [0.25, 0.3) is 5.91 Å². The Balaban J connectivity index is 1.23. The quantitative estimate of drug-likeness (QED) is 0.703. The van der Waals surface area contributed by atoms with Crippen LogP contribution in [0.2, 0.25) is 0 Å². The van der Waals surface area contributed by atoms with Crippen LogP contribution in [0.4, 0.5) is 4.79 Å². The van der Waals surface area contributed by atoms with Crippen LogP contribution in [0.15, 0.2) is 42.5 Å². The van der Waals surface area contributed by atoms with Gasteiger partial charge in [0.2, 0.25) is 5.91 Å². The standard InChI is InChI=1S/C28H37N3O4/c1-28(2,3)35-27(34)29-19-20-11-15-30(16-12-20)25(32)22-13-17-31(18-14-22)26(33)24-10-6-8-21-7-4-5-9-23(21)24/h4-10,20,22H,11-19H2,1-3H3,(H,29,34). The molecule has 4 rings (SSSR count). The molecule has 0 spiro atoms. The van der Waals surface area contributed by atoms with Crippen LogP contribution in [0.1, 0.15) is 56.8 Å². The zero-order valence-electron chi connectivity index (χ0n) is 21.1. The zero-order chi connectivity index (χ0) is 25.0. The van der Waals surface area contributed by atoms with Crippen molar-refractivity contribution >= 4 is 28.7 Å². The maximum absolute atomic E-state index is 13.2. The zero-order valence-corrected chi connectivity index (χ0v) is 21.1. The first kappa shape index (κ1) is 25.0. The summed E-state index contributed by atoms with van der Waals surface area (Å²) in [6.07, 6.45) is 2.77. The highest BCUT2D eigenvalue weighted by molar-refractivity contribution is 6.07. The van der Waals surface area contributed by atoms with Crippen LogP contribution < -0.4 is 5.32 Å². The molecule has 2 saturated heterocycles. The monoisotopic (exact) mass is 479 g/mol. The van der Waals surface area contributed by atoms with Gasteiger partial charge in [-0.2, -0.15) is 0 Å². The average molecular weight is 480 g/mol. The summed E-state index contributed by atoms with van der Waals surface area (Å²) < 4.78 is 5.30. The van der Waals surface area contributed by atoms with Crippen molar-refractivity contribution in [3.63, 3.8) is 0 Å². The van der Waals surface area contributed by atoms with Crippen molar-refractivity contribution in [2.24, 2.45) is 11.8 Å². The van der Waals surface area contributed by atoms with Gasteiger partial charge in [0.1, 0.15) is 5.60 Å². The van der Waals surface area contributed by atoms with Crippen LogP contribution >= 0.6 is 0 Å². The SMILES string of the molecule is CC(C)(C)OC(=O)NCC1CCN(C(=O)C2CCN(C(=O)c3cccc4ccccc34)CC2)CC1. The highest BCUT2D eigenvalue weighted by Gasteiger charge is 2.32. The average Bonchev–Trinajstić information content (AvgIpc) is 2.86. The largest absolute Gasteiger partial charge is 0.444 e. The van der Waals surface area contributed by atoms with Gasteiger partial charge in [0.15, 0.2) is 0 Å². The Morgan fingerprint density at radius 3 is 2.20 bits per heavy atom. The van der Waals surface area contributed by atoms with Gasteiger partial charge in [-0.25, -0.2) is 4.79 Å². The Morgan fingerprint density at radius 1 is 0.886 bits per heavy atom. The molecule has 0 atom stereocenters. The van der Waals surface area contributed by atoms with Crippen LogP contribution in [0.5, 0.6) is 0 Å². The van der Waals surface area contributed by atoms with E-state index in [9.17, 15) is 14.4 Å². The third kappa shape index (κ3) is 6.32. The van der Waals surface area contributed by atoms with Crippen LogP contribution in [0.25, 0.3) is 10.8 Å². The number of ether oxygens (including phenoxy) is 1. The highest BCUT2D eigenvalue weighted by atomic mass is 16.6. The summed E-state index contributed by atoms with van der Waals surface area (Å²) in [5, 5.41) is 4.89. The minimum Gasteiger partial charge on any atom is -0.444 e. The summed E-state index contributed by atoms with van der Waals surface area (Å²) in [6.45, 7) is 8.76. The summed E-state index contributed by atoms with van der Waals surface area (Å²) in [5.41, 5.74) is 0.226. The van der Waals surface area contributed by atoms with Crippen molar-refractivity contribution in [3.8, 4) is 0 Å². The summed E-state index contributed by atoms with van der Waals surface area (Å²) in [6, 6.07) is 13.8. The third-order valence-electron chi connectivity index (χ3n) is 7.01. The molecule has 1 N–H and O–H groups in total. The fourth-order valence-corrected chi connectivity index (χ4v) is 5.07. The Bertz CT molecular complexity index is 1060. The first-order valence-corrected chi connectivity index (χ1v) is 12.7. The molecule has 2 aromatic rings. The number of fused-ring (bicyclic) bond motifs is 1. The summed E-state index contributed by atoms with van der Waals surface area (Å²) in [7, 11) is 0. The van der Waals surface area contributed by atoms with Crippen LogP contribution in [0.3, 0.4) is 0 Å². The van der Waals surface area contributed by atoms with E-state index >= 15 is 0 Å². The Labute approximate surface area is 207 Å². The van der Waals surface area contributed by atoms with Crippen molar-refractivity contribution in [2.75, 3.05) is 32.7 Å². The number of likely N-dealkylation sites (tertiary alicyclic amines) is 2. The van der Waals surface area contributed by atoms with Crippen LogP contribution in [0, 0.1) is 11.8 Å². The molecule has 0 aliphatic carbocycles. The molecule has 0 aromatic heterocycles. The fraction of sp³-hybridized carbons (Fsp3) is 0.536. The number of nitrogens with one attached hydrogen (secondary N) is 1. The van der Waals surface area contributed by atoms with Gasteiger partial charge >= 0.3 is 6.09 Å². The summed E-state index contributed by atoms with van der Waals surface area (Å²) in [5.74, 6) is 0.585. The van der Waals surface area contributed by atoms with E-state index in [2.05, 4.69) is 5.32 Å². The smallest absolute Gasteiger partial charge is 0.407 e. The predicted molar refractivity (Wildman–Crippen MR) is 136 cm³/mol. The number of hydrogen-bond acceptors (Lipinski definition) is 4. The molecular formula is C28H37N3O4. The summed E-state index contributed by atoms with van der Waals surface area (Å²) >= 11 is 0. The molecule has 2 aliphatic heterocycles. The van der Waals surface area contributed by atoms with E-state index in [1.54, 1.807) is 0 Å². The van der Waals surface area contributed by atoms with Crippen molar-refractivity contribution in [1.82, 2.24) is 15.1 Å². The number of benzene rings is 2. The Kier molecular flexibility index (Phi) is 7.63. The normalized spacial score (nSPS) is 17.9. The van der Waals surface area contributed by atoms with E-state index in [-0.39, 0.29) is 23.8 Å². The van der Waals surface area contributed by atoms with Crippen molar-refractivity contribution in [1.29, 1.82) is 0 Å². The van der Waals surface area contributed by atoms with Crippen molar-refractivity contribution in [2.45, 2.75) is 52.1 Å².